The van der Waals surface area contributed by atoms with Crippen molar-refractivity contribution in [2.45, 2.75) is 12.7 Å². The maximum absolute atomic E-state index is 12.8. The van der Waals surface area contributed by atoms with E-state index in [0.29, 0.717) is 17.8 Å². The lowest BCUT2D eigenvalue weighted by atomic mass is 10.1. The second-order valence-electron chi connectivity index (χ2n) is 3.92. The summed E-state index contributed by atoms with van der Waals surface area (Å²) >= 11 is 0. The largest absolute Gasteiger partial charge is 0.416 e. The number of hydrogen-bond acceptors (Lipinski definition) is 2. The van der Waals surface area contributed by atoms with E-state index >= 15 is 0 Å². The van der Waals surface area contributed by atoms with E-state index in [1.54, 1.807) is 6.07 Å². The van der Waals surface area contributed by atoms with Gasteiger partial charge < -0.3 is 5.32 Å². The summed E-state index contributed by atoms with van der Waals surface area (Å²) in [6, 6.07) is 7.59. The summed E-state index contributed by atoms with van der Waals surface area (Å²) in [5, 5.41) is 2.90. The van der Waals surface area contributed by atoms with Crippen LogP contribution in [0.1, 0.15) is 11.1 Å². The number of aromatic nitrogens is 1. The van der Waals surface area contributed by atoms with Crippen LogP contribution < -0.4 is 5.32 Å². The monoisotopic (exact) mass is 270 g/mol. The first-order valence-electron chi connectivity index (χ1n) is 5.47. The van der Waals surface area contributed by atoms with E-state index in [1.165, 1.54) is 24.4 Å². The van der Waals surface area contributed by atoms with Crippen LogP contribution in [0.4, 0.5) is 23.2 Å². The minimum atomic E-state index is -4.33. The van der Waals surface area contributed by atoms with Crippen molar-refractivity contribution in [3.05, 3.63) is 59.7 Å². The second kappa shape index (κ2) is 5.26. The van der Waals surface area contributed by atoms with Crippen LogP contribution in [0, 0.1) is 5.95 Å². The fourth-order valence-electron chi connectivity index (χ4n) is 1.53. The first-order valence-corrected chi connectivity index (χ1v) is 5.47. The lowest BCUT2D eigenvalue weighted by Crippen LogP contribution is -2.05. The summed E-state index contributed by atoms with van der Waals surface area (Å²) in [6.45, 7) is 0.307. The summed E-state index contributed by atoms with van der Waals surface area (Å²) in [4.78, 5) is 3.40. The number of halogens is 4. The molecule has 0 radical (unpaired) electrons. The Kier molecular flexibility index (Phi) is 3.69. The molecule has 6 heteroatoms. The van der Waals surface area contributed by atoms with Crippen LogP contribution in [-0.4, -0.2) is 4.98 Å². The Morgan fingerprint density at radius 1 is 1.05 bits per heavy atom. The first kappa shape index (κ1) is 13.3. The SMILES string of the molecule is Fc1cc(NCc2ccc(C(F)(F)F)cc2)ccn1. The van der Waals surface area contributed by atoms with E-state index in [0.717, 1.165) is 12.1 Å². The molecule has 0 saturated carbocycles. The number of hydrogen-bond donors (Lipinski definition) is 1. The highest BCUT2D eigenvalue weighted by Crippen LogP contribution is 2.29. The van der Waals surface area contributed by atoms with Gasteiger partial charge in [0.1, 0.15) is 0 Å². The summed E-state index contributed by atoms with van der Waals surface area (Å²) in [5.41, 5.74) is 0.504. The molecule has 1 aromatic heterocycles. The van der Waals surface area contributed by atoms with Gasteiger partial charge in [-0.15, -0.1) is 0 Å². The molecule has 2 aromatic rings. The molecule has 0 aliphatic rings. The summed E-state index contributed by atoms with van der Waals surface area (Å²) < 4.78 is 49.9. The minimum absolute atomic E-state index is 0.307. The Labute approximate surface area is 107 Å². The number of pyridine rings is 1. The van der Waals surface area contributed by atoms with Crippen molar-refractivity contribution in [2.24, 2.45) is 0 Å². The van der Waals surface area contributed by atoms with Crippen molar-refractivity contribution in [1.82, 2.24) is 4.98 Å². The smallest absolute Gasteiger partial charge is 0.381 e. The number of nitrogens with zero attached hydrogens (tertiary/aromatic N) is 1. The molecule has 100 valence electrons. The number of rotatable bonds is 3. The Morgan fingerprint density at radius 3 is 2.32 bits per heavy atom. The Hall–Kier alpha value is -2.11. The maximum atomic E-state index is 12.8. The van der Waals surface area contributed by atoms with Crippen LogP contribution in [0.2, 0.25) is 0 Å². The van der Waals surface area contributed by atoms with Crippen molar-refractivity contribution >= 4 is 5.69 Å². The molecule has 0 saturated heterocycles. The Bertz CT molecular complexity index is 549. The van der Waals surface area contributed by atoms with Crippen molar-refractivity contribution < 1.29 is 17.6 Å². The van der Waals surface area contributed by atoms with Gasteiger partial charge in [-0.1, -0.05) is 12.1 Å². The predicted octanol–water partition coefficient (Wildman–Crippen LogP) is 3.85. The average molecular weight is 270 g/mol. The van der Waals surface area contributed by atoms with Crippen molar-refractivity contribution in [3.8, 4) is 0 Å². The minimum Gasteiger partial charge on any atom is -0.381 e. The van der Waals surface area contributed by atoms with Crippen LogP contribution >= 0.6 is 0 Å². The van der Waals surface area contributed by atoms with E-state index in [-0.39, 0.29) is 0 Å². The summed E-state index contributed by atoms with van der Waals surface area (Å²) in [6.07, 6.45) is -3.02. The molecule has 1 heterocycles. The molecule has 0 spiro atoms. The third-order valence-electron chi connectivity index (χ3n) is 2.50. The highest BCUT2D eigenvalue weighted by Gasteiger charge is 2.29. The van der Waals surface area contributed by atoms with E-state index in [4.69, 9.17) is 0 Å². The van der Waals surface area contributed by atoms with Crippen LogP contribution in [0.15, 0.2) is 42.6 Å². The molecule has 0 unspecified atom stereocenters. The van der Waals surface area contributed by atoms with Gasteiger partial charge in [0.2, 0.25) is 5.95 Å². The third-order valence-corrected chi connectivity index (χ3v) is 2.50. The topological polar surface area (TPSA) is 24.9 Å². The molecule has 0 atom stereocenters. The molecule has 0 bridgehead atoms. The fourth-order valence-corrected chi connectivity index (χ4v) is 1.53. The number of nitrogens with one attached hydrogen (secondary N) is 1. The Morgan fingerprint density at radius 2 is 1.74 bits per heavy atom. The van der Waals surface area contributed by atoms with Gasteiger partial charge in [-0.2, -0.15) is 17.6 Å². The van der Waals surface area contributed by atoms with Gasteiger partial charge in [0.25, 0.3) is 0 Å². The lowest BCUT2D eigenvalue weighted by Gasteiger charge is -2.09. The number of alkyl halides is 3. The quantitative estimate of drug-likeness (QED) is 0.677. The zero-order valence-electron chi connectivity index (χ0n) is 9.71. The van der Waals surface area contributed by atoms with Crippen LogP contribution in [-0.2, 0) is 12.7 Å². The molecule has 19 heavy (non-hydrogen) atoms. The molecule has 0 amide bonds. The molecule has 2 rings (SSSR count). The summed E-state index contributed by atoms with van der Waals surface area (Å²) in [5.74, 6) is -0.614. The predicted molar refractivity (Wildman–Crippen MR) is 63.0 cm³/mol. The molecular formula is C13H10F4N2. The second-order valence-corrected chi connectivity index (χ2v) is 3.92. The van der Waals surface area contributed by atoms with Crippen molar-refractivity contribution in [2.75, 3.05) is 5.32 Å². The average Bonchev–Trinajstić information content (AvgIpc) is 2.36. The zero-order valence-corrected chi connectivity index (χ0v) is 9.71. The van der Waals surface area contributed by atoms with Crippen LogP contribution in [0.25, 0.3) is 0 Å². The molecular weight excluding hydrogens is 260 g/mol. The molecule has 0 fully saturated rings. The van der Waals surface area contributed by atoms with Gasteiger partial charge >= 0.3 is 6.18 Å². The highest BCUT2D eigenvalue weighted by molar-refractivity contribution is 5.42. The zero-order chi connectivity index (χ0) is 13.9. The van der Waals surface area contributed by atoms with E-state index < -0.39 is 17.7 Å². The van der Waals surface area contributed by atoms with Gasteiger partial charge in [-0.05, 0) is 23.8 Å². The lowest BCUT2D eigenvalue weighted by molar-refractivity contribution is -0.137. The summed E-state index contributed by atoms with van der Waals surface area (Å²) in [7, 11) is 0. The molecule has 1 aromatic carbocycles. The van der Waals surface area contributed by atoms with Crippen LogP contribution in [0.3, 0.4) is 0 Å². The fraction of sp³-hybridized carbons (Fsp3) is 0.154. The number of anilines is 1. The third kappa shape index (κ3) is 3.67. The molecule has 1 N–H and O–H groups in total. The molecule has 0 aliphatic carbocycles. The first-order chi connectivity index (χ1) is 8.95. The standard InChI is InChI=1S/C13H10F4N2/c14-12-7-11(5-6-18-12)19-8-9-1-3-10(4-2-9)13(15,16)17/h1-7H,8H2,(H,18,19). The number of benzene rings is 1. The highest BCUT2D eigenvalue weighted by atomic mass is 19.4. The molecule has 2 nitrogen and oxygen atoms in total. The van der Waals surface area contributed by atoms with Gasteiger partial charge in [-0.3, -0.25) is 0 Å². The van der Waals surface area contributed by atoms with Crippen LogP contribution in [0.5, 0.6) is 0 Å². The van der Waals surface area contributed by atoms with Gasteiger partial charge in [-0.25, -0.2) is 4.98 Å². The van der Waals surface area contributed by atoms with E-state index in [2.05, 4.69) is 10.3 Å². The van der Waals surface area contributed by atoms with E-state index in [1.807, 2.05) is 0 Å². The van der Waals surface area contributed by atoms with Gasteiger partial charge in [0.05, 0.1) is 5.56 Å². The van der Waals surface area contributed by atoms with Gasteiger partial charge in [0, 0.05) is 24.5 Å². The van der Waals surface area contributed by atoms with Crippen molar-refractivity contribution in [3.63, 3.8) is 0 Å². The Balaban J connectivity index is 2.01. The maximum Gasteiger partial charge on any atom is 0.416 e. The van der Waals surface area contributed by atoms with E-state index in [9.17, 15) is 17.6 Å². The molecule has 0 aliphatic heterocycles. The van der Waals surface area contributed by atoms with Gasteiger partial charge in [0.15, 0.2) is 0 Å². The normalized spacial score (nSPS) is 11.4. The van der Waals surface area contributed by atoms with Crippen molar-refractivity contribution in [1.29, 1.82) is 0 Å².